The molecule has 2 radical (unpaired) electrons. The number of hydrogen-bond donors (Lipinski definition) is 0. The van der Waals surface area contributed by atoms with Crippen molar-refractivity contribution in [2.45, 2.75) is 155 Å². The molecule has 0 bridgehead atoms. The number of aromatic nitrogens is 2. The summed E-state index contributed by atoms with van der Waals surface area (Å²) in [5.41, 5.74) is 2.08. The molecule has 2 rings (SSSR count). The van der Waals surface area contributed by atoms with Crippen LogP contribution < -0.4 is 10.4 Å². The molecule has 0 aliphatic carbocycles. The van der Waals surface area contributed by atoms with E-state index >= 15 is 0 Å². The fraction of sp³-hybridized carbons (Fsp3) is 0.706. The van der Waals surface area contributed by atoms with E-state index in [9.17, 15) is 0 Å². The maximum Gasteiger partial charge on any atom is 0.0885 e. The Hall–Kier alpha value is -1.27. The molecular weight excluding hydrogens is 493 g/mol. The summed E-state index contributed by atoms with van der Waals surface area (Å²) < 4.78 is 0. The highest BCUT2D eigenvalue weighted by Gasteiger charge is 2.17. The Kier molecular flexibility index (Phi) is 18.7. The molecule has 4 heteroatoms. The maximum atomic E-state index is 4.94. The molecule has 0 saturated carbocycles. The number of rotatable bonds is 23. The van der Waals surface area contributed by atoms with E-state index in [-0.39, 0.29) is 0 Å². The van der Waals surface area contributed by atoms with Crippen LogP contribution in [0, 0.1) is 0 Å². The lowest BCUT2D eigenvalue weighted by atomic mass is 10.2. The lowest BCUT2D eigenvalue weighted by Crippen LogP contribution is -2.30. The van der Waals surface area contributed by atoms with Crippen molar-refractivity contribution in [3.05, 3.63) is 36.7 Å². The highest BCUT2D eigenvalue weighted by atomic mass is 28.3. The van der Waals surface area contributed by atoms with Gasteiger partial charge in [-0.15, -0.1) is 0 Å². The number of pyridine rings is 2. The molecule has 2 nitrogen and oxygen atoms in total. The van der Waals surface area contributed by atoms with Gasteiger partial charge in [0.1, 0.15) is 0 Å². The molecule has 0 aliphatic rings. The van der Waals surface area contributed by atoms with Crippen molar-refractivity contribution in [2.75, 3.05) is 0 Å². The second-order valence-electron chi connectivity index (χ2n) is 11.3. The molecule has 38 heavy (non-hydrogen) atoms. The summed E-state index contributed by atoms with van der Waals surface area (Å²) in [7, 11) is -1.01. The second kappa shape index (κ2) is 21.5. The molecular formula is C34H58N2Si2. The van der Waals surface area contributed by atoms with Gasteiger partial charge in [0.25, 0.3) is 0 Å². The van der Waals surface area contributed by atoms with Crippen LogP contribution >= 0.6 is 0 Å². The first-order valence-electron chi connectivity index (χ1n) is 16.4. The predicted molar refractivity (Wildman–Crippen MR) is 174 cm³/mol. The minimum absolute atomic E-state index is 0.503. The first-order chi connectivity index (χ1) is 18.7. The molecule has 2 heterocycles. The van der Waals surface area contributed by atoms with Gasteiger partial charge in [-0.1, -0.05) is 167 Å². The summed E-state index contributed by atoms with van der Waals surface area (Å²) >= 11 is 0. The summed E-state index contributed by atoms with van der Waals surface area (Å²) in [6.45, 7) is 9.23. The van der Waals surface area contributed by atoms with E-state index in [1.165, 1.54) is 137 Å². The summed E-state index contributed by atoms with van der Waals surface area (Å²) in [6, 6.07) is 14.9. The van der Waals surface area contributed by atoms with Gasteiger partial charge in [0, 0.05) is 12.4 Å². The molecule has 212 valence electrons. The van der Waals surface area contributed by atoms with Crippen LogP contribution in [0.1, 0.15) is 130 Å². The van der Waals surface area contributed by atoms with Gasteiger partial charge in [-0.3, -0.25) is 9.97 Å². The molecule has 0 N–H and O–H groups in total. The SMILES string of the molecule is CCCCCC[Si](CCCCCC)c1ccc(-c2ccc([Si](CCCCCC)CCCCCC)cn2)nc1. The van der Waals surface area contributed by atoms with Crippen molar-refractivity contribution in [2.24, 2.45) is 0 Å². The molecule has 2 aromatic heterocycles. The minimum atomic E-state index is -0.503. The van der Waals surface area contributed by atoms with Crippen LogP contribution in [0.2, 0.25) is 24.2 Å². The number of hydrogen-bond acceptors (Lipinski definition) is 2. The van der Waals surface area contributed by atoms with Crippen LogP contribution in [0.15, 0.2) is 36.7 Å². The maximum absolute atomic E-state index is 4.94. The van der Waals surface area contributed by atoms with Gasteiger partial charge in [0.2, 0.25) is 0 Å². The first-order valence-corrected chi connectivity index (χ1v) is 20.2. The summed E-state index contributed by atoms with van der Waals surface area (Å²) in [4.78, 5) is 9.89. The predicted octanol–water partition coefficient (Wildman–Crippen LogP) is 9.87. The van der Waals surface area contributed by atoms with Crippen molar-refractivity contribution in [1.82, 2.24) is 9.97 Å². The zero-order valence-corrected chi connectivity index (χ0v) is 27.5. The number of unbranched alkanes of at least 4 members (excludes halogenated alkanes) is 12. The molecule has 0 unspecified atom stereocenters. The lowest BCUT2D eigenvalue weighted by molar-refractivity contribution is 0.687. The Morgan fingerprint density at radius 3 is 0.974 bits per heavy atom. The van der Waals surface area contributed by atoms with Crippen molar-refractivity contribution in [3.8, 4) is 11.4 Å². The zero-order chi connectivity index (χ0) is 27.3. The molecule has 2 aromatic rings. The summed E-state index contributed by atoms with van der Waals surface area (Å²) in [5, 5.41) is 3.07. The van der Waals surface area contributed by atoms with Crippen molar-refractivity contribution < 1.29 is 0 Å². The summed E-state index contributed by atoms with van der Waals surface area (Å²) in [5.74, 6) is 0. The van der Waals surface area contributed by atoms with E-state index in [1.807, 2.05) is 0 Å². The van der Waals surface area contributed by atoms with Crippen LogP contribution in [0.5, 0.6) is 0 Å². The summed E-state index contributed by atoms with van der Waals surface area (Å²) in [6.07, 6.45) is 26.3. The van der Waals surface area contributed by atoms with Crippen LogP contribution in [-0.4, -0.2) is 27.6 Å². The Labute approximate surface area is 240 Å². The molecule has 0 saturated heterocycles. The normalized spacial score (nSPS) is 11.6. The highest BCUT2D eigenvalue weighted by Crippen LogP contribution is 2.18. The Balaban J connectivity index is 2.03. The van der Waals surface area contributed by atoms with Crippen LogP contribution in [0.4, 0.5) is 0 Å². The van der Waals surface area contributed by atoms with E-state index in [2.05, 4.69) is 64.4 Å². The molecule has 0 fully saturated rings. The lowest BCUT2D eigenvalue weighted by Gasteiger charge is -2.16. The van der Waals surface area contributed by atoms with E-state index in [1.54, 1.807) is 0 Å². The average Bonchev–Trinajstić information content (AvgIpc) is 2.96. The van der Waals surface area contributed by atoms with E-state index in [0.29, 0.717) is 0 Å². The molecule has 0 amide bonds. The van der Waals surface area contributed by atoms with Crippen LogP contribution in [-0.2, 0) is 0 Å². The molecule has 0 aromatic carbocycles. The van der Waals surface area contributed by atoms with Gasteiger partial charge < -0.3 is 0 Å². The third-order valence-electron chi connectivity index (χ3n) is 7.93. The van der Waals surface area contributed by atoms with Crippen LogP contribution in [0.3, 0.4) is 0 Å². The standard InChI is InChI=1S/C34H58N2Si2/c1-5-9-13-17-25-37(26-18-14-10-6-2)31-21-23-33(35-29-31)34-24-22-32(30-36-34)38(27-19-15-11-7-3)28-20-16-12-8-4/h21-24,29-30H,5-20,25-28H2,1-4H3. The average molecular weight is 551 g/mol. The first kappa shape index (κ1) is 32.9. The van der Waals surface area contributed by atoms with E-state index in [0.717, 1.165) is 11.4 Å². The Morgan fingerprint density at radius 2 is 0.737 bits per heavy atom. The van der Waals surface area contributed by atoms with E-state index in [4.69, 9.17) is 9.97 Å². The monoisotopic (exact) mass is 550 g/mol. The third-order valence-corrected chi connectivity index (χ3v) is 14.0. The van der Waals surface area contributed by atoms with Crippen molar-refractivity contribution in [3.63, 3.8) is 0 Å². The fourth-order valence-corrected chi connectivity index (χ4v) is 10.9. The molecule has 0 spiro atoms. The van der Waals surface area contributed by atoms with Gasteiger partial charge in [-0.2, -0.15) is 0 Å². The van der Waals surface area contributed by atoms with Gasteiger partial charge in [0.15, 0.2) is 0 Å². The van der Waals surface area contributed by atoms with Gasteiger partial charge in [0.05, 0.1) is 29.0 Å². The smallest absolute Gasteiger partial charge is 0.0885 e. The zero-order valence-electron chi connectivity index (χ0n) is 25.5. The second-order valence-corrected chi connectivity index (χ2v) is 16.9. The largest absolute Gasteiger partial charge is 0.255 e. The van der Waals surface area contributed by atoms with Gasteiger partial charge >= 0.3 is 0 Å². The topological polar surface area (TPSA) is 25.8 Å². The van der Waals surface area contributed by atoms with Crippen molar-refractivity contribution >= 4 is 28.0 Å². The third kappa shape index (κ3) is 13.2. The number of nitrogens with zero attached hydrogens (tertiary/aromatic N) is 2. The Bertz CT molecular complexity index is 713. The highest BCUT2D eigenvalue weighted by molar-refractivity contribution is 6.73. The molecule has 0 atom stereocenters. The quantitative estimate of drug-likeness (QED) is 0.102. The van der Waals surface area contributed by atoms with Gasteiger partial charge in [-0.05, 0) is 22.5 Å². The van der Waals surface area contributed by atoms with Gasteiger partial charge in [-0.25, -0.2) is 0 Å². The van der Waals surface area contributed by atoms with Crippen LogP contribution in [0.25, 0.3) is 11.4 Å². The minimum Gasteiger partial charge on any atom is -0.255 e. The van der Waals surface area contributed by atoms with Crippen molar-refractivity contribution in [1.29, 1.82) is 0 Å². The Morgan fingerprint density at radius 1 is 0.421 bits per heavy atom. The van der Waals surface area contributed by atoms with E-state index < -0.39 is 17.6 Å². The molecule has 0 aliphatic heterocycles. The fourth-order valence-electron chi connectivity index (χ4n) is 5.40.